The molecule has 1 N–H and O–H groups in total. The molecule has 1 aliphatic heterocycles. The molecule has 0 radical (unpaired) electrons. The molecule has 0 spiro atoms. The van der Waals surface area contributed by atoms with E-state index in [1.807, 2.05) is 4.90 Å². The lowest BCUT2D eigenvalue weighted by Crippen LogP contribution is -2.51. The SMILES string of the molecule is CCCC1CN(c2ccc(C(F)(F)F)c(C(=O)c3cccnc3)n2)CCN1. The minimum atomic E-state index is -4.66. The zero-order valence-electron chi connectivity index (χ0n) is 15.0. The average Bonchev–Trinajstić information content (AvgIpc) is 2.67. The highest BCUT2D eigenvalue weighted by Crippen LogP contribution is 2.33. The van der Waals surface area contributed by atoms with E-state index in [-0.39, 0.29) is 11.6 Å². The third-order valence-corrected chi connectivity index (χ3v) is 4.54. The van der Waals surface area contributed by atoms with E-state index < -0.39 is 23.2 Å². The lowest BCUT2D eigenvalue weighted by atomic mass is 10.0. The Labute approximate surface area is 155 Å². The fourth-order valence-corrected chi connectivity index (χ4v) is 3.24. The smallest absolute Gasteiger partial charge is 0.354 e. The molecule has 0 aromatic carbocycles. The van der Waals surface area contributed by atoms with Crippen molar-refractivity contribution in [1.29, 1.82) is 0 Å². The fourth-order valence-electron chi connectivity index (χ4n) is 3.24. The van der Waals surface area contributed by atoms with Crippen LogP contribution in [0.3, 0.4) is 0 Å². The summed E-state index contributed by atoms with van der Waals surface area (Å²) in [5.41, 5.74) is -1.53. The molecule has 0 saturated carbocycles. The molecule has 3 rings (SSSR count). The lowest BCUT2D eigenvalue weighted by Gasteiger charge is -2.34. The molecule has 8 heteroatoms. The second-order valence-corrected chi connectivity index (χ2v) is 6.52. The molecule has 1 aliphatic rings. The normalized spacial score (nSPS) is 17.8. The van der Waals surface area contributed by atoms with Gasteiger partial charge in [0.25, 0.3) is 0 Å². The van der Waals surface area contributed by atoms with E-state index in [2.05, 4.69) is 22.2 Å². The van der Waals surface area contributed by atoms with Crippen molar-refractivity contribution >= 4 is 11.6 Å². The Balaban J connectivity index is 1.97. The first-order valence-corrected chi connectivity index (χ1v) is 8.91. The monoisotopic (exact) mass is 378 g/mol. The van der Waals surface area contributed by atoms with Gasteiger partial charge in [-0.3, -0.25) is 9.78 Å². The molecule has 0 amide bonds. The van der Waals surface area contributed by atoms with Crippen LogP contribution in [0, 0.1) is 0 Å². The molecule has 27 heavy (non-hydrogen) atoms. The maximum absolute atomic E-state index is 13.4. The average molecular weight is 378 g/mol. The van der Waals surface area contributed by atoms with Crippen LogP contribution in [-0.2, 0) is 6.18 Å². The van der Waals surface area contributed by atoms with Crippen molar-refractivity contribution in [1.82, 2.24) is 15.3 Å². The molecule has 3 heterocycles. The van der Waals surface area contributed by atoms with Gasteiger partial charge in [-0.25, -0.2) is 4.98 Å². The number of halogens is 3. The van der Waals surface area contributed by atoms with Crippen molar-refractivity contribution < 1.29 is 18.0 Å². The maximum Gasteiger partial charge on any atom is 0.418 e. The summed E-state index contributed by atoms with van der Waals surface area (Å²) in [4.78, 5) is 22.6. The topological polar surface area (TPSA) is 58.1 Å². The number of piperazine rings is 1. The van der Waals surface area contributed by atoms with Crippen LogP contribution in [0.15, 0.2) is 36.7 Å². The number of rotatable bonds is 5. The molecular weight excluding hydrogens is 357 g/mol. The molecule has 1 atom stereocenters. The fraction of sp³-hybridized carbons (Fsp3) is 0.421. The first-order valence-electron chi connectivity index (χ1n) is 8.91. The molecule has 0 bridgehead atoms. The second kappa shape index (κ2) is 8.04. The lowest BCUT2D eigenvalue weighted by molar-refractivity contribution is -0.138. The van der Waals surface area contributed by atoms with Gasteiger partial charge in [-0.2, -0.15) is 13.2 Å². The number of anilines is 1. The second-order valence-electron chi connectivity index (χ2n) is 6.52. The zero-order chi connectivity index (χ0) is 19.4. The molecular formula is C19H21F3N4O. The number of hydrogen-bond donors (Lipinski definition) is 1. The Bertz CT molecular complexity index is 793. The van der Waals surface area contributed by atoms with Gasteiger partial charge in [-0.05, 0) is 30.7 Å². The van der Waals surface area contributed by atoms with Gasteiger partial charge < -0.3 is 10.2 Å². The number of alkyl halides is 3. The number of nitrogens with one attached hydrogen (secondary N) is 1. The molecule has 0 aliphatic carbocycles. The third kappa shape index (κ3) is 4.44. The molecule has 1 fully saturated rings. The first-order chi connectivity index (χ1) is 12.9. The Morgan fingerprint density at radius 3 is 2.81 bits per heavy atom. The van der Waals surface area contributed by atoms with E-state index in [4.69, 9.17) is 0 Å². The number of aromatic nitrogens is 2. The van der Waals surface area contributed by atoms with Crippen LogP contribution in [0.4, 0.5) is 19.0 Å². The van der Waals surface area contributed by atoms with Gasteiger partial charge >= 0.3 is 6.18 Å². The summed E-state index contributed by atoms with van der Waals surface area (Å²) in [6.07, 6.45) is 0.0288. The maximum atomic E-state index is 13.4. The van der Waals surface area contributed by atoms with Crippen molar-refractivity contribution in [3.63, 3.8) is 0 Å². The number of pyridine rings is 2. The Kier molecular flexibility index (Phi) is 5.74. The summed E-state index contributed by atoms with van der Waals surface area (Å²) in [5, 5.41) is 3.39. The summed E-state index contributed by atoms with van der Waals surface area (Å²) < 4.78 is 40.3. The van der Waals surface area contributed by atoms with Crippen molar-refractivity contribution in [3.8, 4) is 0 Å². The van der Waals surface area contributed by atoms with E-state index in [1.165, 1.54) is 30.6 Å². The van der Waals surface area contributed by atoms with Crippen LogP contribution >= 0.6 is 0 Å². The quantitative estimate of drug-likeness (QED) is 0.809. The van der Waals surface area contributed by atoms with Crippen LogP contribution in [0.5, 0.6) is 0 Å². The van der Waals surface area contributed by atoms with E-state index in [1.54, 1.807) is 0 Å². The van der Waals surface area contributed by atoms with Gasteiger partial charge in [0.05, 0.1) is 5.56 Å². The van der Waals surface area contributed by atoms with Crippen molar-refractivity contribution in [2.75, 3.05) is 24.5 Å². The van der Waals surface area contributed by atoms with Crippen LogP contribution in [-0.4, -0.2) is 41.4 Å². The number of hydrogen-bond acceptors (Lipinski definition) is 5. The van der Waals surface area contributed by atoms with Gasteiger partial charge in [0.2, 0.25) is 5.78 Å². The third-order valence-electron chi connectivity index (χ3n) is 4.54. The zero-order valence-corrected chi connectivity index (χ0v) is 15.0. The Morgan fingerprint density at radius 1 is 1.33 bits per heavy atom. The van der Waals surface area contributed by atoms with Crippen molar-refractivity contribution in [3.05, 3.63) is 53.5 Å². The summed E-state index contributed by atoms with van der Waals surface area (Å²) in [6.45, 7) is 4.08. The Hall–Kier alpha value is -2.48. The molecule has 144 valence electrons. The minimum Gasteiger partial charge on any atom is -0.354 e. The summed E-state index contributed by atoms with van der Waals surface area (Å²) in [5.74, 6) is -0.393. The van der Waals surface area contributed by atoms with Crippen LogP contribution in [0.2, 0.25) is 0 Å². The standard InChI is InChI=1S/C19H21F3N4O/c1-2-4-14-12-26(10-9-24-14)16-7-6-15(19(20,21)22)17(25-16)18(27)13-5-3-8-23-11-13/h3,5-8,11,14,24H,2,4,9-10,12H2,1H3. The van der Waals surface area contributed by atoms with Crippen LogP contribution in [0.25, 0.3) is 0 Å². The van der Waals surface area contributed by atoms with E-state index in [0.29, 0.717) is 18.9 Å². The van der Waals surface area contributed by atoms with Gasteiger partial charge in [-0.15, -0.1) is 0 Å². The van der Waals surface area contributed by atoms with Crippen LogP contribution < -0.4 is 10.2 Å². The number of carbonyl (C=O) groups is 1. The number of ketones is 1. The van der Waals surface area contributed by atoms with Crippen LogP contribution in [0.1, 0.15) is 41.4 Å². The van der Waals surface area contributed by atoms with Crippen molar-refractivity contribution in [2.24, 2.45) is 0 Å². The number of carbonyl (C=O) groups excluding carboxylic acids is 1. The molecule has 2 aromatic heterocycles. The largest absolute Gasteiger partial charge is 0.418 e. The molecule has 1 unspecified atom stereocenters. The first kappa shape index (κ1) is 19.3. The molecule has 2 aromatic rings. The predicted octanol–water partition coefficient (Wildman–Crippen LogP) is 3.30. The molecule has 1 saturated heterocycles. The number of nitrogens with zero attached hydrogens (tertiary/aromatic N) is 3. The minimum absolute atomic E-state index is 0.0804. The van der Waals surface area contributed by atoms with Gasteiger partial charge in [0.1, 0.15) is 11.5 Å². The summed E-state index contributed by atoms with van der Waals surface area (Å²) in [6, 6.07) is 5.49. The highest BCUT2D eigenvalue weighted by Gasteiger charge is 2.37. The predicted molar refractivity (Wildman–Crippen MR) is 95.8 cm³/mol. The Morgan fingerprint density at radius 2 is 2.15 bits per heavy atom. The van der Waals surface area contributed by atoms with E-state index >= 15 is 0 Å². The van der Waals surface area contributed by atoms with Gasteiger partial charge in [-0.1, -0.05) is 13.3 Å². The molecule has 5 nitrogen and oxygen atoms in total. The van der Waals surface area contributed by atoms with E-state index in [9.17, 15) is 18.0 Å². The van der Waals surface area contributed by atoms with Crippen molar-refractivity contribution in [2.45, 2.75) is 32.0 Å². The summed E-state index contributed by atoms with van der Waals surface area (Å²) in [7, 11) is 0. The van der Waals surface area contributed by atoms with Gasteiger partial charge in [0.15, 0.2) is 0 Å². The highest BCUT2D eigenvalue weighted by atomic mass is 19.4. The summed E-state index contributed by atoms with van der Waals surface area (Å²) >= 11 is 0. The highest BCUT2D eigenvalue weighted by molar-refractivity contribution is 6.08. The van der Waals surface area contributed by atoms with Gasteiger partial charge in [0, 0.05) is 43.6 Å². The van der Waals surface area contributed by atoms with E-state index in [0.717, 1.165) is 25.5 Å².